The van der Waals surface area contributed by atoms with Gasteiger partial charge in [0.1, 0.15) is 0 Å². The number of ether oxygens (including phenoxy) is 1. The number of nitrogens with zero attached hydrogens (tertiary/aromatic N) is 2. The van der Waals surface area contributed by atoms with Crippen molar-refractivity contribution in [2.45, 2.75) is 6.43 Å². The number of methoxy groups -OCH3 is 1. The summed E-state index contributed by atoms with van der Waals surface area (Å²) in [6, 6.07) is 2.75. The van der Waals surface area contributed by atoms with E-state index in [1.807, 2.05) is 0 Å². The molecule has 0 spiro atoms. The van der Waals surface area contributed by atoms with Crippen LogP contribution in [-0.2, 0) is 11.8 Å². The Bertz CT molecular complexity index is 837. The average molecular weight is 347 g/mol. The monoisotopic (exact) mass is 346 g/mol. The third kappa shape index (κ3) is 3.07. The maximum absolute atomic E-state index is 14.2. The fraction of sp³-hybridized carbons (Fsp3) is 0.214. The van der Waals surface area contributed by atoms with Crippen molar-refractivity contribution in [2.24, 2.45) is 7.05 Å². The highest BCUT2D eigenvalue weighted by Crippen LogP contribution is 2.35. The van der Waals surface area contributed by atoms with Gasteiger partial charge >= 0.3 is 5.97 Å². The Morgan fingerprint density at radius 3 is 2.61 bits per heavy atom. The second kappa shape index (κ2) is 6.41. The highest BCUT2D eigenvalue weighted by molar-refractivity contribution is 6.31. The predicted molar refractivity (Wildman–Crippen MR) is 76.2 cm³/mol. The maximum Gasteiger partial charge on any atom is 0.374 e. The minimum atomic E-state index is -3.02. The van der Waals surface area contributed by atoms with Crippen molar-refractivity contribution in [3.8, 4) is 11.3 Å². The summed E-state index contributed by atoms with van der Waals surface area (Å²) in [5, 5.41) is -0.411. The number of alkyl halides is 2. The van der Waals surface area contributed by atoms with Gasteiger partial charge in [0.25, 0.3) is 12.0 Å². The summed E-state index contributed by atoms with van der Waals surface area (Å²) in [7, 11) is 2.30. The largest absolute Gasteiger partial charge is 0.463 e. The van der Waals surface area contributed by atoms with E-state index in [1.54, 1.807) is 0 Å². The summed E-state index contributed by atoms with van der Waals surface area (Å²) in [6.45, 7) is 0. The van der Waals surface area contributed by atoms with E-state index in [2.05, 4.69) is 9.72 Å². The Balaban J connectivity index is 2.83. The molecular weight excluding hydrogens is 337 g/mol. The summed E-state index contributed by atoms with van der Waals surface area (Å²) in [5.41, 5.74) is -2.49. The lowest BCUT2D eigenvalue weighted by Gasteiger charge is -2.12. The lowest BCUT2D eigenvalue weighted by molar-refractivity contribution is 0.0580. The zero-order valence-corrected chi connectivity index (χ0v) is 12.7. The minimum Gasteiger partial charge on any atom is -0.463 e. The molecule has 122 valence electrons. The Labute approximate surface area is 133 Å². The van der Waals surface area contributed by atoms with E-state index < -0.39 is 51.4 Å². The minimum absolute atomic E-state index is 0.411. The molecule has 0 unspecified atom stereocenters. The highest BCUT2D eigenvalue weighted by atomic mass is 35.5. The molecule has 5 nitrogen and oxygen atoms in total. The van der Waals surface area contributed by atoms with Crippen LogP contribution in [0.25, 0.3) is 11.3 Å². The second-order valence-electron chi connectivity index (χ2n) is 4.48. The first kappa shape index (κ1) is 17.0. The molecule has 1 aromatic carbocycles. The molecule has 1 heterocycles. The van der Waals surface area contributed by atoms with E-state index in [-0.39, 0.29) is 0 Å². The number of hydrogen-bond acceptors (Lipinski definition) is 4. The van der Waals surface area contributed by atoms with E-state index in [9.17, 15) is 22.8 Å². The molecule has 0 atom stereocenters. The van der Waals surface area contributed by atoms with Gasteiger partial charge in [-0.2, -0.15) is 0 Å². The third-order valence-corrected chi connectivity index (χ3v) is 3.41. The van der Waals surface area contributed by atoms with E-state index >= 15 is 0 Å². The Morgan fingerprint density at radius 2 is 2.04 bits per heavy atom. The van der Waals surface area contributed by atoms with Crippen molar-refractivity contribution in [1.29, 1.82) is 0 Å². The van der Waals surface area contributed by atoms with Crippen molar-refractivity contribution in [3.05, 3.63) is 50.8 Å². The first-order valence-electron chi connectivity index (χ1n) is 6.20. The molecule has 1 aromatic heterocycles. The molecule has 2 aromatic rings. The summed E-state index contributed by atoms with van der Waals surface area (Å²) < 4.78 is 45.8. The smallest absolute Gasteiger partial charge is 0.374 e. The summed E-state index contributed by atoms with van der Waals surface area (Å²) in [5.74, 6) is -2.57. The molecule has 0 aliphatic rings. The van der Waals surface area contributed by atoms with E-state index in [0.717, 1.165) is 29.9 Å². The van der Waals surface area contributed by atoms with Crippen LogP contribution in [0, 0.1) is 5.82 Å². The molecule has 0 bridgehead atoms. The van der Waals surface area contributed by atoms with Crippen LogP contribution in [0.15, 0.2) is 23.0 Å². The molecule has 0 saturated heterocycles. The van der Waals surface area contributed by atoms with Gasteiger partial charge in [-0.1, -0.05) is 17.7 Å². The summed E-state index contributed by atoms with van der Waals surface area (Å²) >= 11 is 5.62. The normalized spacial score (nSPS) is 10.9. The molecule has 0 aliphatic carbocycles. The molecule has 0 amide bonds. The van der Waals surface area contributed by atoms with Crippen molar-refractivity contribution in [2.75, 3.05) is 7.11 Å². The maximum atomic E-state index is 14.2. The van der Waals surface area contributed by atoms with Crippen LogP contribution in [0.1, 0.15) is 22.6 Å². The van der Waals surface area contributed by atoms with Gasteiger partial charge in [0.2, 0.25) is 5.82 Å². The van der Waals surface area contributed by atoms with Crippen molar-refractivity contribution >= 4 is 17.6 Å². The first-order valence-corrected chi connectivity index (χ1v) is 6.58. The standard InChI is InChI=1S/C14H10ClF3N2O3/c1-20-9(21)5-8(19-13(20)14(22)23-2)10-6(12(17)18)3-4-7(15)11(10)16/h3-5,12H,1-2H3. The number of hydrogen-bond donors (Lipinski definition) is 0. The van der Waals surface area contributed by atoms with Crippen LogP contribution in [0.2, 0.25) is 5.02 Å². The number of halogens is 4. The molecule has 2 rings (SSSR count). The SMILES string of the molecule is COC(=O)c1nc(-c2c(C(F)F)ccc(Cl)c2F)cc(=O)n1C. The van der Waals surface area contributed by atoms with Gasteiger partial charge in [0.15, 0.2) is 5.82 Å². The van der Waals surface area contributed by atoms with Gasteiger partial charge in [-0.15, -0.1) is 0 Å². The van der Waals surface area contributed by atoms with Crippen LogP contribution < -0.4 is 5.56 Å². The van der Waals surface area contributed by atoms with Gasteiger partial charge in [-0.3, -0.25) is 9.36 Å². The van der Waals surface area contributed by atoms with Gasteiger partial charge in [0, 0.05) is 24.2 Å². The van der Waals surface area contributed by atoms with E-state index in [4.69, 9.17) is 11.6 Å². The molecule has 9 heteroatoms. The van der Waals surface area contributed by atoms with Gasteiger partial charge in [0.05, 0.1) is 17.8 Å². The van der Waals surface area contributed by atoms with Crippen LogP contribution in [-0.4, -0.2) is 22.6 Å². The fourth-order valence-electron chi connectivity index (χ4n) is 1.95. The average Bonchev–Trinajstić information content (AvgIpc) is 2.51. The number of carbonyl (C=O) groups excluding carboxylic acids is 1. The number of aromatic nitrogens is 2. The number of carbonyl (C=O) groups is 1. The van der Waals surface area contributed by atoms with Gasteiger partial charge < -0.3 is 4.74 Å². The molecule has 23 heavy (non-hydrogen) atoms. The molecular formula is C14H10ClF3N2O3. The molecule has 0 radical (unpaired) electrons. The molecule has 0 fully saturated rings. The topological polar surface area (TPSA) is 61.2 Å². The van der Waals surface area contributed by atoms with E-state index in [0.29, 0.717) is 0 Å². The summed E-state index contributed by atoms with van der Waals surface area (Å²) in [4.78, 5) is 27.3. The molecule has 0 N–H and O–H groups in total. The molecule has 0 saturated carbocycles. The lowest BCUT2D eigenvalue weighted by atomic mass is 10.0. The van der Waals surface area contributed by atoms with Crippen molar-refractivity contribution in [1.82, 2.24) is 9.55 Å². The number of esters is 1. The van der Waals surface area contributed by atoms with Gasteiger partial charge in [-0.25, -0.2) is 22.9 Å². The van der Waals surface area contributed by atoms with Crippen LogP contribution in [0.5, 0.6) is 0 Å². The Hall–Kier alpha value is -2.35. The Kier molecular flexibility index (Phi) is 4.74. The zero-order chi connectivity index (χ0) is 17.3. The third-order valence-electron chi connectivity index (χ3n) is 3.12. The van der Waals surface area contributed by atoms with Crippen LogP contribution in [0.4, 0.5) is 13.2 Å². The summed E-state index contributed by atoms with van der Waals surface area (Å²) in [6.07, 6.45) is -3.02. The first-order chi connectivity index (χ1) is 10.8. The highest BCUT2D eigenvalue weighted by Gasteiger charge is 2.24. The van der Waals surface area contributed by atoms with E-state index in [1.165, 1.54) is 7.05 Å². The fourth-order valence-corrected chi connectivity index (χ4v) is 2.11. The second-order valence-corrected chi connectivity index (χ2v) is 4.89. The number of benzene rings is 1. The van der Waals surface area contributed by atoms with Crippen LogP contribution in [0.3, 0.4) is 0 Å². The quantitative estimate of drug-likeness (QED) is 0.802. The Morgan fingerprint density at radius 1 is 1.39 bits per heavy atom. The zero-order valence-electron chi connectivity index (χ0n) is 11.9. The lowest BCUT2D eigenvalue weighted by Crippen LogP contribution is -2.25. The van der Waals surface area contributed by atoms with Crippen LogP contribution >= 0.6 is 11.6 Å². The van der Waals surface area contributed by atoms with Crippen molar-refractivity contribution in [3.63, 3.8) is 0 Å². The van der Waals surface area contributed by atoms with Crippen molar-refractivity contribution < 1.29 is 22.7 Å². The van der Waals surface area contributed by atoms with Gasteiger partial charge in [-0.05, 0) is 6.07 Å². The number of rotatable bonds is 3. The molecule has 0 aliphatic heterocycles. The predicted octanol–water partition coefficient (Wildman–Crippen LogP) is 2.96.